The van der Waals surface area contributed by atoms with Crippen molar-refractivity contribution in [1.82, 2.24) is 4.90 Å². The van der Waals surface area contributed by atoms with E-state index in [2.05, 4.69) is 0 Å². The first kappa shape index (κ1) is 23.2. The van der Waals surface area contributed by atoms with Crippen LogP contribution in [0.4, 0.5) is 5.69 Å². The number of fused-ring (bicyclic) bond motifs is 1. The van der Waals surface area contributed by atoms with Gasteiger partial charge in [0.2, 0.25) is 0 Å². The molecule has 0 saturated heterocycles. The van der Waals surface area contributed by atoms with E-state index in [0.29, 0.717) is 13.1 Å². The Morgan fingerprint density at radius 3 is 2.29 bits per heavy atom. The highest BCUT2D eigenvalue weighted by Crippen LogP contribution is 2.33. The summed E-state index contributed by atoms with van der Waals surface area (Å²) in [6, 6.07) is 20.1. The molecule has 0 N–H and O–H groups in total. The van der Waals surface area contributed by atoms with Gasteiger partial charge >= 0.3 is 5.97 Å². The van der Waals surface area contributed by atoms with Crippen molar-refractivity contribution in [2.45, 2.75) is 13.5 Å². The number of para-hydroxylation sites is 1. The number of likely N-dealkylation sites (N-methyl/N-ethyl adjacent to an activating group) is 1. The van der Waals surface area contributed by atoms with Crippen molar-refractivity contribution >= 4 is 41.0 Å². The van der Waals surface area contributed by atoms with E-state index in [1.165, 1.54) is 18.2 Å². The Kier molecular flexibility index (Phi) is 6.75. The fraction of sp³-hybridized carbons (Fsp3) is 0.154. The van der Waals surface area contributed by atoms with Crippen LogP contribution in [0.2, 0.25) is 5.02 Å². The number of carbonyl (C=O) groups excluding carboxylic acids is 4. The molecule has 34 heavy (non-hydrogen) atoms. The van der Waals surface area contributed by atoms with Crippen molar-refractivity contribution in [1.29, 1.82) is 0 Å². The molecular weight excluding hydrogens is 456 g/mol. The molecule has 0 saturated carbocycles. The highest BCUT2D eigenvalue weighted by molar-refractivity contribution is 6.39. The number of hydrogen-bond donors (Lipinski definition) is 0. The van der Waals surface area contributed by atoms with E-state index in [-0.39, 0.29) is 33.3 Å². The van der Waals surface area contributed by atoms with Gasteiger partial charge in [0.15, 0.2) is 6.61 Å². The van der Waals surface area contributed by atoms with Crippen LogP contribution in [0.1, 0.15) is 43.6 Å². The molecule has 0 bridgehead atoms. The maximum absolute atomic E-state index is 12.9. The van der Waals surface area contributed by atoms with Gasteiger partial charge in [-0.2, -0.15) is 0 Å². The number of carbonyl (C=O) groups is 4. The largest absolute Gasteiger partial charge is 0.452 e. The van der Waals surface area contributed by atoms with Gasteiger partial charge in [-0.3, -0.25) is 14.4 Å². The van der Waals surface area contributed by atoms with E-state index in [4.69, 9.17) is 16.3 Å². The Hall–Kier alpha value is -3.97. The highest BCUT2D eigenvalue weighted by Gasteiger charge is 2.38. The van der Waals surface area contributed by atoms with E-state index >= 15 is 0 Å². The number of benzene rings is 3. The second-order valence-electron chi connectivity index (χ2n) is 7.63. The predicted octanol–water partition coefficient (Wildman–Crippen LogP) is 4.35. The number of amides is 3. The minimum atomic E-state index is -0.761. The number of halogens is 1. The predicted molar refractivity (Wildman–Crippen MR) is 127 cm³/mol. The van der Waals surface area contributed by atoms with Gasteiger partial charge in [0.1, 0.15) is 0 Å². The van der Waals surface area contributed by atoms with Crippen molar-refractivity contribution in [3.8, 4) is 0 Å². The first-order valence-corrected chi connectivity index (χ1v) is 11.0. The fourth-order valence-electron chi connectivity index (χ4n) is 3.70. The van der Waals surface area contributed by atoms with Gasteiger partial charge in [0, 0.05) is 13.1 Å². The Balaban J connectivity index is 1.45. The van der Waals surface area contributed by atoms with Crippen LogP contribution >= 0.6 is 11.6 Å². The van der Waals surface area contributed by atoms with E-state index in [9.17, 15) is 19.2 Å². The molecule has 1 aliphatic heterocycles. The first-order chi connectivity index (χ1) is 16.4. The quantitative estimate of drug-likeness (QED) is 0.374. The summed E-state index contributed by atoms with van der Waals surface area (Å²) >= 11 is 6.16. The summed E-state index contributed by atoms with van der Waals surface area (Å²) in [4.78, 5) is 53.4. The minimum absolute atomic E-state index is 0.0693. The summed E-state index contributed by atoms with van der Waals surface area (Å²) < 4.78 is 5.20. The zero-order valence-corrected chi connectivity index (χ0v) is 19.1. The molecule has 0 radical (unpaired) electrons. The van der Waals surface area contributed by atoms with Gasteiger partial charge < -0.3 is 9.64 Å². The molecule has 3 aromatic carbocycles. The molecule has 3 amide bonds. The van der Waals surface area contributed by atoms with Crippen molar-refractivity contribution in [3.63, 3.8) is 0 Å². The molecule has 0 spiro atoms. The van der Waals surface area contributed by atoms with Crippen LogP contribution in [-0.2, 0) is 16.1 Å². The lowest BCUT2D eigenvalue weighted by atomic mass is 10.1. The van der Waals surface area contributed by atoms with E-state index in [1.807, 2.05) is 37.3 Å². The number of hydrogen-bond acceptors (Lipinski definition) is 5. The number of imide groups is 1. The molecule has 1 heterocycles. The molecule has 0 aromatic heterocycles. The summed E-state index contributed by atoms with van der Waals surface area (Å²) in [5.74, 6) is -2.21. The number of esters is 1. The smallest absolute Gasteiger partial charge is 0.338 e. The van der Waals surface area contributed by atoms with Crippen molar-refractivity contribution in [2.24, 2.45) is 0 Å². The van der Waals surface area contributed by atoms with Gasteiger partial charge in [0.25, 0.3) is 17.7 Å². The Morgan fingerprint density at radius 2 is 1.59 bits per heavy atom. The lowest BCUT2D eigenvalue weighted by Crippen LogP contribution is -2.34. The number of rotatable bonds is 7. The van der Waals surface area contributed by atoms with Crippen LogP contribution in [0.15, 0.2) is 72.8 Å². The average Bonchev–Trinajstić information content (AvgIpc) is 3.11. The van der Waals surface area contributed by atoms with E-state index in [1.54, 1.807) is 29.2 Å². The lowest BCUT2D eigenvalue weighted by Gasteiger charge is -2.20. The van der Waals surface area contributed by atoms with E-state index < -0.39 is 24.4 Å². The third-order valence-corrected chi connectivity index (χ3v) is 5.81. The van der Waals surface area contributed by atoms with Gasteiger partial charge in [-0.15, -0.1) is 0 Å². The van der Waals surface area contributed by atoms with Gasteiger partial charge in [-0.1, -0.05) is 54.1 Å². The van der Waals surface area contributed by atoms with Crippen molar-refractivity contribution in [2.75, 3.05) is 18.1 Å². The molecule has 8 heteroatoms. The topological polar surface area (TPSA) is 84.0 Å². The molecule has 0 aliphatic carbocycles. The monoisotopic (exact) mass is 476 g/mol. The third-order valence-electron chi connectivity index (χ3n) is 5.49. The van der Waals surface area contributed by atoms with Crippen LogP contribution in [0.5, 0.6) is 0 Å². The molecular formula is C26H21ClN2O5. The summed E-state index contributed by atoms with van der Waals surface area (Å²) in [6.07, 6.45) is 0. The zero-order valence-electron chi connectivity index (χ0n) is 18.4. The summed E-state index contributed by atoms with van der Waals surface area (Å²) in [7, 11) is 0. The first-order valence-electron chi connectivity index (χ1n) is 10.7. The maximum Gasteiger partial charge on any atom is 0.338 e. The van der Waals surface area contributed by atoms with Gasteiger partial charge in [-0.25, -0.2) is 9.69 Å². The Bertz CT molecular complexity index is 1280. The molecule has 0 fully saturated rings. The van der Waals surface area contributed by atoms with Crippen LogP contribution in [0, 0.1) is 0 Å². The van der Waals surface area contributed by atoms with Crippen molar-refractivity contribution < 1.29 is 23.9 Å². The molecule has 7 nitrogen and oxygen atoms in total. The lowest BCUT2D eigenvalue weighted by molar-refractivity contribution is -0.134. The maximum atomic E-state index is 12.9. The molecule has 4 rings (SSSR count). The Morgan fingerprint density at radius 1 is 0.912 bits per heavy atom. The van der Waals surface area contributed by atoms with Crippen LogP contribution in [-0.4, -0.2) is 41.7 Å². The molecule has 0 atom stereocenters. The summed E-state index contributed by atoms with van der Waals surface area (Å²) in [6.45, 7) is 2.27. The third kappa shape index (κ3) is 4.56. The number of ether oxygens (including phenoxy) is 1. The second kappa shape index (κ2) is 9.89. The van der Waals surface area contributed by atoms with Crippen LogP contribution in [0.25, 0.3) is 0 Å². The zero-order chi connectivity index (χ0) is 24.2. The standard InChI is InChI=1S/C26H21ClN2O5/c1-2-28(15-17-8-4-3-5-9-17)23(30)16-34-26(33)18-12-13-19-20(14-18)25(32)29(24(19)31)22-11-7-6-10-21(22)27/h3-14H,2,15-16H2,1H3. The normalized spacial score (nSPS) is 12.5. The summed E-state index contributed by atoms with van der Waals surface area (Å²) in [5.41, 5.74) is 1.54. The van der Waals surface area contributed by atoms with E-state index in [0.717, 1.165) is 10.5 Å². The molecule has 0 unspecified atom stereocenters. The van der Waals surface area contributed by atoms with Crippen molar-refractivity contribution in [3.05, 3.63) is 100 Å². The minimum Gasteiger partial charge on any atom is -0.452 e. The molecule has 3 aromatic rings. The fourth-order valence-corrected chi connectivity index (χ4v) is 3.92. The number of nitrogens with zero attached hydrogens (tertiary/aromatic N) is 2. The van der Waals surface area contributed by atoms with Gasteiger partial charge in [-0.05, 0) is 42.8 Å². The van der Waals surface area contributed by atoms with Crippen LogP contribution in [0.3, 0.4) is 0 Å². The average molecular weight is 477 g/mol. The second-order valence-corrected chi connectivity index (χ2v) is 8.03. The van der Waals surface area contributed by atoms with Gasteiger partial charge in [0.05, 0.1) is 27.4 Å². The SMILES string of the molecule is CCN(Cc1ccccc1)C(=O)COC(=O)c1ccc2c(c1)C(=O)N(c1ccccc1Cl)C2=O. The molecule has 1 aliphatic rings. The van der Waals surface area contributed by atoms with Crippen LogP contribution < -0.4 is 4.90 Å². The molecule has 172 valence electrons. The highest BCUT2D eigenvalue weighted by atomic mass is 35.5. The summed E-state index contributed by atoms with van der Waals surface area (Å²) in [5, 5.41) is 0.256. The Labute approximate surface area is 201 Å². The number of anilines is 1.